The van der Waals surface area contributed by atoms with Crippen molar-refractivity contribution in [2.75, 3.05) is 35.0 Å². The van der Waals surface area contributed by atoms with Gasteiger partial charge >= 0.3 is 0 Å². The molecule has 1 fully saturated rings. The van der Waals surface area contributed by atoms with Gasteiger partial charge < -0.3 is 29.0 Å². The van der Waals surface area contributed by atoms with Gasteiger partial charge in [-0.2, -0.15) is 0 Å². The Morgan fingerprint density at radius 3 is 2.16 bits per heavy atom. The van der Waals surface area contributed by atoms with Gasteiger partial charge in [0.05, 0.1) is 40.1 Å². The minimum Gasteiger partial charge on any atom is -0.507 e. The molecule has 4 rings (SSSR count). The summed E-state index contributed by atoms with van der Waals surface area (Å²) in [5.41, 5.74) is 1.99. The summed E-state index contributed by atoms with van der Waals surface area (Å²) in [6.45, 7) is 0.237. The van der Waals surface area contributed by atoms with Crippen LogP contribution in [-0.2, 0) is 16.0 Å². The van der Waals surface area contributed by atoms with Gasteiger partial charge in [-0.3, -0.25) is 9.59 Å². The highest BCUT2D eigenvalue weighted by Gasteiger charge is 2.46. The second-order valence-electron chi connectivity index (χ2n) is 8.44. The van der Waals surface area contributed by atoms with E-state index in [0.717, 1.165) is 5.56 Å². The molecule has 0 aliphatic carbocycles. The van der Waals surface area contributed by atoms with E-state index < -0.39 is 17.7 Å². The highest BCUT2D eigenvalue weighted by molar-refractivity contribution is 6.46. The number of carbonyl (C=O) groups is 2. The maximum Gasteiger partial charge on any atom is 0.295 e. The van der Waals surface area contributed by atoms with Crippen LogP contribution >= 0.6 is 0 Å². The van der Waals surface area contributed by atoms with Gasteiger partial charge in [0.1, 0.15) is 17.3 Å². The normalized spacial score (nSPS) is 16.5. The van der Waals surface area contributed by atoms with Gasteiger partial charge in [0.2, 0.25) is 0 Å². The number of ketones is 1. The lowest BCUT2D eigenvalue weighted by Crippen LogP contribution is -2.31. The van der Waals surface area contributed by atoms with Crippen LogP contribution in [0.1, 0.15) is 22.7 Å². The summed E-state index contributed by atoms with van der Waals surface area (Å²) in [6.07, 6.45) is 0.455. The summed E-state index contributed by atoms with van der Waals surface area (Å²) in [5, 5.41) is 11.2. The molecule has 0 saturated carbocycles. The largest absolute Gasteiger partial charge is 0.507 e. The fourth-order valence-electron chi connectivity index (χ4n) is 4.46. The molecule has 8 heteroatoms. The molecule has 1 saturated heterocycles. The molecule has 1 N–H and O–H groups in total. The molecule has 1 unspecified atom stereocenters. The quantitative estimate of drug-likeness (QED) is 0.263. The number of rotatable bonds is 9. The molecule has 3 aromatic carbocycles. The van der Waals surface area contributed by atoms with E-state index in [4.69, 9.17) is 18.9 Å². The van der Waals surface area contributed by atoms with Crippen LogP contribution in [0.15, 0.2) is 72.3 Å². The highest BCUT2D eigenvalue weighted by Crippen LogP contribution is 2.40. The topological polar surface area (TPSA) is 94.5 Å². The van der Waals surface area contributed by atoms with Crippen LogP contribution in [-0.4, -0.2) is 56.7 Å². The SMILES string of the molecule is COc1ccc(/C(O)=C2/C(=O)C(=O)N(CCc3ccc(OC)c(OC)c3)C2c2cccc(OC)c2)cc1. The van der Waals surface area contributed by atoms with E-state index in [9.17, 15) is 14.7 Å². The van der Waals surface area contributed by atoms with Crippen molar-refractivity contribution in [1.29, 1.82) is 0 Å². The smallest absolute Gasteiger partial charge is 0.295 e. The van der Waals surface area contributed by atoms with Crippen LogP contribution in [0.4, 0.5) is 0 Å². The van der Waals surface area contributed by atoms with Crippen LogP contribution in [0.3, 0.4) is 0 Å². The molecule has 1 atom stereocenters. The second kappa shape index (κ2) is 11.1. The number of likely N-dealkylation sites (tertiary alicyclic amines) is 1. The van der Waals surface area contributed by atoms with E-state index in [1.165, 1.54) is 4.90 Å². The van der Waals surface area contributed by atoms with Gasteiger partial charge in [0, 0.05) is 12.1 Å². The Kier molecular flexibility index (Phi) is 7.67. The Balaban J connectivity index is 1.75. The number of hydrogen-bond acceptors (Lipinski definition) is 7. The van der Waals surface area contributed by atoms with E-state index in [1.54, 1.807) is 77.0 Å². The average Bonchev–Trinajstić information content (AvgIpc) is 3.20. The Morgan fingerprint density at radius 2 is 1.51 bits per heavy atom. The first kappa shape index (κ1) is 25.6. The molecule has 0 radical (unpaired) electrons. The summed E-state index contributed by atoms with van der Waals surface area (Å²) in [5.74, 6) is 0.691. The van der Waals surface area contributed by atoms with Crippen LogP contribution in [0.2, 0.25) is 0 Å². The minimum absolute atomic E-state index is 0.0238. The Bertz CT molecular complexity index is 1330. The maximum atomic E-state index is 13.3. The summed E-state index contributed by atoms with van der Waals surface area (Å²) in [7, 11) is 6.21. The summed E-state index contributed by atoms with van der Waals surface area (Å²) >= 11 is 0. The zero-order valence-electron chi connectivity index (χ0n) is 21.2. The number of nitrogens with zero attached hydrogens (tertiary/aromatic N) is 1. The molecule has 192 valence electrons. The number of hydrogen-bond donors (Lipinski definition) is 1. The molecule has 37 heavy (non-hydrogen) atoms. The number of methoxy groups -OCH3 is 4. The third kappa shape index (κ3) is 5.09. The first-order chi connectivity index (χ1) is 17.9. The third-order valence-corrected chi connectivity index (χ3v) is 6.40. The van der Waals surface area contributed by atoms with E-state index in [1.807, 2.05) is 18.2 Å². The minimum atomic E-state index is -0.794. The molecule has 1 amide bonds. The summed E-state index contributed by atoms with van der Waals surface area (Å²) < 4.78 is 21.3. The standard InChI is InChI=1S/C29H29NO7/c1-34-21-11-9-19(10-12-21)27(31)25-26(20-6-5-7-22(17-20)35-2)30(29(33)28(25)32)15-14-18-8-13-23(36-3)24(16-18)37-4/h5-13,16-17,26,31H,14-15H2,1-4H3/b27-25-. The van der Waals surface area contributed by atoms with Crippen LogP contribution in [0.5, 0.6) is 23.0 Å². The molecule has 3 aromatic rings. The summed E-state index contributed by atoms with van der Waals surface area (Å²) in [4.78, 5) is 28.0. The number of ether oxygens (including phenoxy) is 4. The van der Waals surface area contributed by atoms with Gasteiger partial charge in [0.15, 0.2) is 11.5 Å². The monoisotopic (exact) mass is 503 g/mol. The molecule has 1 aliphatic rings. The Hall–Kier alpha value is -4.46. The van der Waals surface area contributed by atoms with Crippen molar-refractivity contribution in [1.82, 2.24) is 4.90 Å². The fourth-order valence-corrected chi connectivity index (χ4v) is 4.46. The van der Waals surface area contributed by atoms with Gasteiger partial charge in [-0.25, -0.2) is 0 Å². The average molecular weight is 504 g/mol. The number of benzene rings is 3. The van der Waals surface area contributed by atoms with Crippen molar-refractivity contribution >= 4 is 17.4 Å². The van der Waals surface area contributed by atoms with E-state index in [0.29, 0.717) is 40.5 Å². The van der Waals surface area contributed by atoms with Gasteiger partial charge in [-0.05, 0) is 66.1 Å². The molecule has 1 heterocycles. The first-order valence-electron chi connectivity index (χ1n) is 11.7. The van der Waals surface area contributed by atoms with E-state index in [2.05, 4.69) is 0 Å². The lowest BCUT2D eigenvalue weighted by Gasteiger charge is -2.26. The Labute approximate surface area is 215 Å². The predicted molar refractivity (Wildman–Crippen MR) is 138 cm³/mol. The molecular weight excluding hydrogens is 474 g/mol. The second-order valence-corrected chi connectivity index (χ2v) is 8.44. The Morgan fingerprint density at radius 1 is 0.811 bits per heavy atom. The molecule has 1 aliphatic heterocycles. The van der Waals surface area contributed by atoms with Crippen LogP contribution in [0.25, 0.3) is 5.76 Å². The first-order valence-corrected chi connectivity index (χ1v) is 11.7. The number of aliphatic hydroxyl groups is 1. The molecule has 0 bridgehead atoms. The maximum absolute atomic E-state index is 13.3. The van der Waals surface area contributed by atoms with Crippen molar-refractivity contribution < 1.29 is 33.6 Å². The lowest BCUT2D eigenvalue weighted by molar-refractivity contribution is -0.139. The molecule has 0 aromatic heterocycles. The van der Waals surface area contributed by atoms with E-state index >= 15 is 0 Å². The molecule has 8 nitrogen and oxygen atoms in total. The highest BCUT2D eigenvalue weighted by atomic mass is 16.5. The lowest BCUT2D eigenvalue weighted by atomic mass is 9.95. The number of Topliss-reactive ketones (excluding diaryl/α,β-unsaturated/α-hetero) is 1. The van der Waals surface area contributed by atoms with Crippen LogP contribution < -0.4 is 18.9 Å². The zero-order chi connectivity index (χ0) is 26.5. The van der Waals surface area contributed by atoms with Crippen molar-refractivity contribution in [2.45, 2.75) is 12.5 Å². The number of aliphatic hydroxyl groups excluding tert-OH is 1. The van der Waals surface area contributed by atoms with Crippen LogP contribution in [0, 0.1) is 0 Å². The number of carbonyl (C=O) groups excluding carboxylic acids is 2. The van der Waals surface area contributed by atoms with Crippen molar-refractivity contribution in [2.24, 2.45) is 0 Å². The number of amides is 1. The van der Waals surface area contributed by atoms with Crippen molar-refractivity contribution in [3.63, 3.8) is 0 Å². The van der Waals surface area contributed by atoms with Crippen molar-refractivity contribution in [3.05, 3.63) is 89.0 Å². The predicted octanol–water partition coefficient (Wildman–Crippen LogP) is 4.39. The zero-order valence-corrected chi connectivity index (χ0v) is 21.2. The van der Waals surface area contributed by atoms with E-state index in [-0.39, 0.29) is 17.9 Å². The van der Waals surface area contributed by atoms with Gasteiger partial charge in [-0.15, -0.1) is 0 Å². The van der Waals surface area contributed by atoms with Gasteiger partial charge in [-0.1, -0.05) is 18.2 Å². The van der Waals surface area contributed by atoms with Crippen molar-refractivity contribution in [3.8, 4) is 23.0 Å². The third-order valence-electron chi connectivity index (χ3n) is 6.40. The fraction of sp³-hybridized carbons (Fsp3) is 0.241. The summed E-state index contributed by atoms with van der Waals surface area (Å²) in [6, 6.07) is 18.5. The molecular formula is C29H29NO7. The van der Waals surface area contributed by atoms with Gasteiger partial charge in [0.25, 0.3) is 11.7 Å². The molecule has 0 spiro atoms.